The Bertz CT molecular complexity index is 239. The monoisotopic (exact) mass is 263 g/mol. The molecular weight excluding hydrogens is 250 g/mol. The van der Waals surface area contributed by atoms with E-state index in [9.17, 15) is 0 Å². The lowest BCUT2D eigenvalue weighted by Gasteiger charge is -2.02. The standard InChI is InChI=1S/C9H14BrNOS/c1-12-4-2-3-11-5-8-6-13-7-9(8)10/h6-7,11H,2-5H2,1H3. The summed E-state index contributed by atoms with van der Waals surface area (Å²) < 4.78 is 6.16. The number of nitrogens with one attached hydrogen (secondary N) is 1. The van der Waals surface area contributed by atoms with E-state index in [4.69, 9.17) is 4.74 Å². The van der Waals surface area contributed by atoms with Gasteiger partial charge in [-0.15, -0.1) is 0 Å². The summed E-state index contributed by atoms with van der Waals surface area (Å²) >= 11 is 5.22. The van der Waals surface area contributed by atoms with Gasteiger partial charge in [0.2, 0.25) is 0 Å². The predicted octanol–water partition coefficient (Wildman–Crippen LogP) is 2.64. The Morgan fingerprint density at radius 1 is 1.54 bits per heavy atom. The molecule has 0 aromatic carbocycles. The van der Waals surface area contributed by atoms with Crippen molar-refractivity contribution in [1.29, 1.82) is 0 Å². The van der Waals surface area contributed by atoms with E-state index in [0.717, 1.165) is 26.1 Å². The van der Waals surface area contributed by atoms with Crippen molar-refractivity contribution in [3.05, 3.63) is 20.8 Å². The highest BCUT2D eigenvalue weighted by Gasteiger charge is 1.98. The molecule has 74 valence electrons. The van der Waals surface area contributed by atoms with Crippen molar-refractivity contribution in [3.8, 4) is 0 Å². The highest BCUT2D eigenvalue weighted by Crippen LogP contribution is 2.20. The Morgan fingerprint density at radius 2 is 2.38 bits per heavy atom. The van der Waals surface area contributed by atoms with Gasteiger partial charge in [-0.3, -0.25) is 0 Å². The Labute approximate surface area is 91.4 Å². The van der Waals surface area contributed by atoms with Crippen LogP contribution in [0.2, 0.25) is 0 Å². The molecule has 0 bridgehead atoms. The Morgan fingerprint density at radius 3 is 3.00 bits per heavy atom. The highest BCUT2D eigenvalue weighted by atomic mass is 79.9. The minimum atomic E-state index is 0.831. The first-order valence-corrected chi connectivity index (χ1v) is 5.98. The molecule has 0 amide bonds. The number of methoxy groups -OCH3 is 1. The first kappa shape index (κ1) is 11.2. The van der Waals surface area contributed by atoms with Crippen LogP contribution in [-0.4, -0.2) is 20.3 Å². The lowest BCUT2D eigenvalue weighted by molar-refractivity contribution is 0.194. The van der Waals surface area contributed by atoms with E-state index in [-0.39, 0.29) is 0 Å². The molecule has 0 aliphatic rings. The van der Waals surface area contributed by atoms with Crippen LogP contribution in [0.1, 0.15) is 12.0 Å². The van der Waals surface area contributed by atoms with Gasteiger partial charge < -0.3 is 10.1 Å². The quantitative estimate of drug-likeness (QED) is 0.797. The van der Waals surface area contributed by atoms with Gasteiger partial charge in [0.15, 0.2) is 0 Å². The van der Waals surface area contributed by atoms with E-state index in [1.165, 1.54) is 10.0 Å². The summed E-state index contributed by atoms with van der Waals surface area (Å²) in [5.74, 6) is 0. The lowest BCUT2D eigenvalue weighted by atomic mass is 10.3. The number of hydrogen-bond acceptors (Lipinski definition) is 3. The second kappa shape index (κ2) is 6.54. The zero-order chi connectivity index (χ0) is 9.52. The van der Waals surface area contributed by atoms with Crippen LogP contribution in [0.5, 0.6) is 0 Å². The van der Waals surface area contributed by atoms with Crippen LogP contribution in [0.4, 0.5) is 0 Å². The zero-order valence-electron chi connectivity index (χ0n) is 7.68. The molecule has 0 spiro atoms. The van der Waals surface area contributed by atoms with Crippen LogP contribution in [0, 0.1) is 0 Å². The van der Waals surface area contributed by atoms with Crippen molar-refractivity contribution in [3.63, 3.8) is 0 Å². The van der Waals surface area contributed by atoms with E-state index >= 15 is 0 Å². The molecule has 13 heavy (non-hydrogen) atoms. The van der Waals surface area contributed by atoms with Gasteiger partial charge in [0.1, 0.15) is 0 Å². The SMILES string of the molecule is COCCCNCc1cscc1Br. The fourth-order valence-corrected chi connectivity index (χ4v) is 2.44. The van der Waals surface area contributed by atoms with E-state index in [1.54, 1.807) is 18.4 Å². The van der Waals surface area contributed by atoms with Crippen LogP contribution < -0.4 is 5.32 Å². The molecular formula is C9H14BrNOS. The summed E-state index contributed by atoms with van der Waals surface area (Å²) in [5, 5.41) is 7.62. The molecule has 2 nitrogen and oxygen atoms in total. The second-order valence-corrected chi connectivity index (χ2v) is 4.37. The fraction of sp³-hybridized carbons (Fsp3) is 0.556. The average Bonchev–Trinajstić information content (AvgIpc) is 2.52. The van der Waals surface area contributed by atoms with Gasteiger partial charge in [-0.05, 0) is 39.8 Å². The number of rotatable bonds is 6. The van der Waals surface area contributed by atoms with Crippen LogP contribution in [0.15, 0.2) is 15.2 Å². The van der Waals surface area contributed by atoms with Crippen molar-refractivity contribution in [2.45, 2.75) is 13.0 Å². The summed E-state index contributed by atoms with van der Waals surface area (Å²) in [5.41, 5.74) is 1.34. The van der Waals surface area contributed by atoms with Crippen LogP contribution in [0.3, 0.4) is 0 Å². The first-order chi connectivity index (χ1) is 6.34. The molecule has 0 aliphatic carbocycles. The van der Waals surface area contributed by atoms with Crippen molar-refractivity contribution in [2.24, 2.45) is 0 Å². The molecule has 4 heteroatoms. The van der Waals surface area contributed by atoms with Gasteiger partial charge in [0.05, 0.1) is 0 Å². The molecule has 1 aromatic rings. The summed E-state index contributed by atoms with van der Waals surface area (Å²) in [4.78, 5) is 0. The average molecular weight is 264 g/mol. The molecule has 0 atom stereocenters. The lowest BCUT2D eigenvalue weighted by Crippen LogP contribution is -2.15. The van der Waals surface area contributed by atoms with Gasteiger partial charge in [-0.25, -0.2) is 0 Å². The smallest absolute Gasteiger partial charge is 0.0474 e. The molecule has 1 N–H and O–H groups in total. The second-order valence-electron chi connectivity index (χ2n) is 2.77. The number of hydrogen-bond donors (Lipinski definition) is 1. The Hall–Kier alpha value is 0.100. The van der Waals surface area contributed by atoms with Crippen LogP contribution in [-0.2, 0) is 11.3 Å². The van der Waals surface area contributed by atoms with Crippen LogP contribution in [0.25, 0.3) is 0 Å². The predicted molar refractivity (Wildman–Crippen MR) is 60.2 cm³/mol. The zero-order valence-corrected chi connectivity index (χ0v) is 10.1. The molecule has 0 aliphatic heterocycles. The third kappa shape index (κ3) is 4.22. The maximum atomic E-state index is 4.96. The van der Waals surface area contributed by atoms with E-state index in [0.29, 0.717) is 0 Å². The maximum Gasteiger partial charge on any atom is 0.0474 e. The molecule has 0 radical (unpaired) electrons. The Kier molecular flexibility index (Phi) is 5.62. The third-order valence-electron chi connectivity index (χ3n) is 1.71. The highest BCUT2D eigenvalue weighted by molar-refractivity contribution is 9.10. The van der Waals surface area contributed by atoms with Gasteiger partial charge in [-0.2, -0.15) is 11.3 Å². The fourth-order valence-electron chi connectivity index (χ4n) is 0.999. The minimum absolute atomic E-state index is 0.831. The molecule has 1 aromatic heterocycles. The van der Waals surface area contributed by atoms with Crippen LogP contribution >= 0.6 is 27.3 Å². The molecule has 0 saturated heterocycles. The Balaban J connectivity index is 2.10. The molecule has 0 fully saturated rings. The van der Waals surface area contributed by atoms with Gasteiger partial charge >= 0.3 is 0 Å². The van der Waals surface area contributed by atoms with Crippen molar-refractivity contribution >= 4 is 27.3 Å². The van der Waals surface area contributed by atoms with E-state index in [2.05, 4.69) is 32.0 Å². The van der Waals surface area contributed by atoms with Gasteiger partial charge in [0.25, 0.3) is 0 Å². The van der Waals surface area contributed by atoms with Crippen molar-refractivity contribution < 1.29 is 4.74 Å². The van der Waals surface area contributed by atoms with Crippen molar-refractivity contribution in [1.82, 2.24) is 5.32 Å². The summed E-state index contributed by atoms with van der Waals surface area (Å²) in [6, 6.07) is 0. The third-order valence-corrected chi connectivity index (χ3v) is 3.54. The van der Waals surface area contributed by atoms with E-state index < -0.39 is 0 Å². The minimum Gasteiger partial charge on any atom is -0.385 e. The molecule has 0 unspecified atom stereocenters. The molecule has 1 heterocycles. The molecule has 1 rings (SSSR count). The molecule has 0 saturated carbocycles. The summed E-state index contributed by atoms with van der Waals surface area (Å²) in [6.45, 7) is 2.78. The number of halogens is 1. The largest absolute Gasteiger partial charge is 0.385 e. The maximum absolute atomic E-state index is 4.96. The van der Waals surface area contributed by atoms with Gasteiger partial charge in [-0.1, -0.05) is 0 Å². The normalized spacial score (nSPS) is 10.6. The number of ether oxygens (including phenoxy) is 1. The van der Waals surface area contributed by atoms with E-state index in [1.807, 2.05) is 0 Å². The first-order valence-electron chi connectivity index (χ1n) is 4.25. The summed E-state index contributed by atoms with van der Waals surface area (Å²) in [7, 11) is 1.73. The van der Waals surface area contributed by atoms with Gasteiger partial charge in [0, 0.05) is 30.1 Å². The van der Waals surface area contributed by atoms with Crippen molar-refractivity contribution in [2.75, 3.05) is 20.3 Å². The number of thiophene rings is 1. The summed E-state index contributed by atoms with van der Waals surface area (Å²) in [6.07, 6.45) is 1.07. The topological polar surface area (TPSA) is 21.3 Å².